The molecular weight excluding hydrogens is 530 g/mol. The van der Waals surface area contributed by atoms with E-state index >= 15 is 0 Å². The zero-order chi connectivity index (χ0) is 27.9. The highest BCUT2D eigenvalue weighted by atomic mass is 19.1. The number of aliphatic imine (C=N–C) groups is 1. The van der Waals surface area contributed by atoms with Crippen molar-refractivity contribution in [2.24, 2.45) is 10.1 Å². The van der Waals surface area contributed by atoms with E-state index in [-0.39, 0.29) is 11.4 Å². The first kappa shape index (κ1) is 25.0. The fourth-order valence-corrected chi connectivity index (χ4v) is 5.14. The molecule has 3 aliphatic heterocycles. The standard InChI is InChI=1S/C29H24F2N8O2/c30-20-3-1-18(2-4-20)27-28(38-16-21(5-7-25(38)35-27)37-11-13-41-14-12-37)22-6-8-26-33-24(17-39(26)36-22)34-29(40)19-9-10-32-23(31)15-19/h1-10,15-16,24H,11-14,17H2,(H,34,40). The summed E-state index contributed by atoms with van der Waals surface area (Å²) in [5, 5.41) is 9.39. The number of fused-ring (bicyclic) bond motifs is 2. The summed E-state index contributed by atoms with van der Waals surface area (Å²) in [5.41, 5.74) is 4.72. The van der Waals surface area contributed by atoms with Crippen molar-refractivity contribution in [2.75, 3.05) is 37.7 Å². The number of imidazole rings is 1. The van der Waals surface area contributed by atoms with Gasteiger partial charge >= 0.3 is 0 Å². The highest BCUT2D eigenvalue weighted by Gasteiger charge is 2.29. The summed E-state index contributed by atoms with van der Waals surface area (Å²) < 4.78 is 34.8. The molecule has 3 aromatic heterocycles. The number of nitrogens with one attached hydrogen (secondary N) is 1. The van der Waals surface area contributed by atoms with Crippen molar-refractivity contribution in [1.29, 1.82) is 0 Å². The predicted octanol–water partition coefficient (Wildman–Crippen LogP) is 3.26. The Balaban J connectivity index is 1.23. The number of benzene rings is 1. The van der Waals surface area contributed by atoms with Crippen molar-refractivity contribution >= 4 is 28.8 Å². The summed E-state index contributed by atoms with van der Waals surface area (Å²) in [5.74, 6) is -0.924. The second-order valence-electron chi connectivity index (χ2n) is 9.78. The van der Waals surface area contributed by atoms with Crippen LogP contribution in [-0.2, 0) is 4.74 Å². The molecule has 12 heteroatoms. The maximum Gasteiger partial charge on any atom is 0.253 e. The van der Waals surface area contributed by atoms with Gasteiger partial charge in [0.25, 0.3) is 5.91 Å². The van der Waals surface area contributed by atoms with Gasteiger partial charge in [0.05, 0.1) is 31.1 Å². The van der Waals surface area contributed by atoms with Crippen LogP contribution in [0.1, 0.15) is 16.1 Å². The molecule has 0 spiro atoms. The van der Waals surface area contributed by atoms with Gasteiger partial charge in [0.1, 0.15) is 34.9 Å². The van der Waals surface area contributed by atoms with Crippen LogP contribution < -0.4 is 10.2 Å². The number of rotatable bonds is 5. The number of hydrazone groups is 1. The third-order valence-corrected chi connectivity index (χ3v) is 7.14. The summed E-state index contributed by atoms with van der Waals surface area (Å²) in [6.07, 6.45) is 6.40. The number of morpholine rings is 1. The van der Waals surface area contributed by atoms with Crippen LogP contribution in [0.4, 0.5) is 14.5 Å². The molecule has 1 amide bonds. The van der Waals surface area contributed by atoms with E-state index in [1.807, 2.05) is 34.9 Å². The number of allylic oxidation sites excluding steroid dienone is 1. The van der Waals surface area contributed by atoms with Crippen molar-refractivity contribution in [3.8, 4) is 11.3 Å². The average Bonchev–Trinajstić information content (AvgIpc) is 3.58. The molecule has 6 heterocycles. The molecule has 41 heavy (non-hydrogen) atoms. The first-order chi connectivity index (χ1) is 20.0. The molecule has 4 aromatic rings. The lowest BCUT2D eigenvalue weighted by atomic mass is 10.1. The van der Waals surface area contributed by atoms with Crippen LogP contribution in [0.3, 0.4) is 0 Å². The quantitative estimate of drug-likeness (QED) is 0.381. The number of anilines is 1. The Bertz CT molecular complexity index is 1740. The lowest BCUT2D eigenvalue weighted by molar-refractivity contribution is 0.0936. The van der Waals surface area contributed by atoms with E-state index in [4.69, 9.17) is 14.8 Å². The van der Waals surface area contributed by atoms with Crippen molar-refractivity contribution in [3.63, 3.8) is 0 Å². The molecule has 1 N–H and O–H groups in total. The molecule has 7 rings (SSSR count). The Morgan fingerprint density at radius 1 is 1.02 bits per heavy atom. The van der Waals surface area contributed by atoms with Crippen LogP contribution in [0.2, 0.25) is 0 Å². The van der Waals surface area contributed by atoms with Gasteiger partial charge in [-0.05, 0) is 54.6 Å². The fraction of sp³-hybridized carbons (Fsp3) is 0.207. The normalized spacial score (nSPS) is 18.3. The third-order valence-electron chi connectivity index (χ3n) is 7.14. The van der Waals surface area contributed by atoms with Crippen LogP contribution >= 0.6 is 0 Å². The molecule has 1 atom stereocenters. The lowest BCUT2D eigenvalue weighted by Crippen LogP contribution is -2.37. The number of hydrogen-bond acceptors (Lipinski definition) is 8. The maximum absolute atomic E-state index is 13.8. The minimum Gasteiger partial charge on any atom is -0.378 e. The van der Waals surface area contributed by atoms with Crippen molar-refractivity contribution in [2.45, 2.75) is 6.17 Å². The molecule has 206 valence electrons. The number of carbonyl (C=O) groups is 1. The number of amidine groups is 1. The summed E-state index contributed by atoms with van der Waals surface area (Å²) in [4.78, 5) is 27.9. The first-order valence-electron chi connectivity index (χ1n) is 13.2. The number of nitrogens with zero attached hydrogens (tertiary/aromatic N) is 7. The number of halogens is 2. The largest absolute Gasteiger partial charge is 0.378 e. The molecule has 1 unspecified atom stereocenters. The number of pyridine rings is 2. The molecule has 3 aliphatic rings. The zero-order valence-corrected chi connectivity index (χ0v) is 21.7. The van der Waals surface area contributed by atoms with E-state index in [2.05, 4.69) is 20.2 Å². The smallest absolute Gasteiger partial charge is 0.253 e. The maximum atomic E-state index is 13.8. The highest BCUT2D eigenvalue weighted by molar-refractivity contribution is 6.16. The van der Waals surface area contributed by atoms with Crippen molar-refractivity contribution in [3.05, 3.63) is 96.1 Å². The molecule has 0 saturated carbocycles. The number of hydrogen-bond donors (Lipinski definition) is 1. The van der Waals surface area contributed by atoms with E-state index in [1.165, 1.54) is 24.4 Å². The minimum atomic E-state index is -0.730. The number of carbonyl (C=O) groups excluding carboxylic acids is 1. The first-order valence-corrected chi connectivity index (χ1v) is 13.2. The zero-order valence-electron chi connectivity index (χ0n) is 21.7. The van der Waals surface area contributed by atoms with Crippen LogP contribution in [0.5, 0.6) is 0 Å². The number of aromatic nitrogens is 3. The highest BCUT2D eigenvalue weighted by Crippen LogP contribution is 2.29. The molecular formula is C29H24F2N8O2. The second-order valence-corrected chi connectivity index (χ2v) is 9.78. The van der Waals surface area contributed by atoms with Crippen LogP contribution in [-0.4, -0.2) is 75.8 Å². The molecule has 0 aliphatic carbocycles. The summed E-state index contributed by atoms with van der Waals surface area (Å²) in [6.45, 7) is 3.19. The Labute approximate surface area is 233 Å². The van der Waals surface area contributed by atoms with Gasteiger partial charge in [-0.1, -0.05) is 0 Å². The van der Waals surface area contributed by atoms with Gasteiger partial charge in [0.15, 0.2) is 0 Å². The molecule has 1 fully saturated rings. The van der Waals surface area contributed by atoms with E-state index in [0.717, 1.165) is 41.7 Å². The van der Waals surface area contributed by atoms with Gasteiger partial charge < -0.3 is 15.0 Å². The predicted molar refractivity (Wildman–Crippen MR) is 149 cm³/mol. The summed E-state index contributed by atoms with van der Waals surface area (Å²) >= 11 is 0. The number of ether oxygens (including phenoxy) is 1. The fourth-order valence-electron chi connectivity index (χ4n) is 5.14. The molecule has 1 aromatic carbocycles. The van der Waals surface area contributed by atoms with E-state index < -0.39 is 18.0 Å². The molecule has 0 bridgehead atoms. The minimum absolute atomic E-state index is 0.160. The molecule has 1 saturated heterocycles. The number of amides is 1. The van der Waals surface area contributed by atoms with Crippen LogP contribution in [0, 0.1) is 11.8 Å². The third kappa shape index (κ3) is 4.82. The SMILES string of the molecule is O=C(NC1CN2N=C(c3c(-c4ccc(F)cc4)nc4ccc(N5CCOCC5)cn34)C=CC2=N1)c1ccnc(F)c1. The lowest BCUT2D eigenvalue weighted by Gasteiger charge is -2.28. The van der Waals surface area contributed by atoms with Gasteiger partial charge in [-0.2, -0.15) is 9.49 Å². The summed E-state index contributed by atoms with van der Waals surface area (Å²) in [6, 6.07) is 12.7. The van der Waals surface area contributed by atoms with Crippen molar-refractivity contribution < 1.29 is 18.3 Å². The topological polar surface area (TPSA) is 99.7 Å². The second kappa shape index (κ2) is 10.2. The van der Waals surface area contributed by atoms with Gasteiger partial charge in [-0.25, -0.2) is 24.4 Å². The van der Waals surface area contributed by atoms with Crippen LogP contribution in [0.15, 0.2) is 83.2 Å². The van der Waals surface area contributed by atoms with Gasteiger partial charge in [0.2, 0.25) is 5.95 Å². The Morgan fingerprint density at radius 3 is 2.66 bits per heavy atom. The van der Waals surface area contributed by atoms with E-state index in [1.54, 1.807) is 17.1 Å². The molecule has 0 radical (unpaired) electrons. The van der Waals surface area contributed by atoms with Gasteiger partial charge in [-0.3, -0.25) is 9.20 Å². The van der Waals surface area contributed by atoms with E-state index in [0.29, 0.717) is 37.0 Å². The van der Waals surface area contributed by atoms with Gasteiger partial charge in [-0.15, -0.1) is 0 Å². The Kier molecular flexibility index (Phi) is 6.23. The summed E-state index contributed by atoms with van der Waals surface area (Å²) in [7, 11) is 0. The average molecular weight is 555 g/mol. The van der Waals surface area contributed by atoms with Gasteiger partial charge in [0, 0.05) is 42.7 Å². The van der Waals surface area contributed by atoms with Crippen molar-refractivity contribution in [1.82, 2.24) is 24.7 Å². The Morgan fingerprint density at radius 2 is 1.85 bits per heavy atom. The molecule has 10 nitrogen and oxygen atoms in total. The Hall–Kier alpha value is -4.97. The van der Waals surface area contributed by atoms with E-state index in [9.17, 15) is 13.6 Å². The monoisotopic (exact) mass is 554 g/mol. The van der Waals surface area contributed by atoms with Crippen LogP contribution in [0.25, 0.3) is 16.9 Å².